The van der Waals surface area contributed by atoms with Gasteiger partial charge >= 0.3 is 0 Å². The molecule has 0 saturated carbocycles. The number of rotatable bonds is 3. The number of amides is 1. The number of carbonyl (C=O) groups is 1. The quantitative estimate of drug-likeness (QED) is 0.843. The minimum atomic E-state index is 0.0388. The minimum absolute atomic E-state index is 0.0388. The first-order valence-electron chi connectivity index (χ1n) is 7.62. The average molecular weight is 293 g/mol. The largest absolute Gasteiger partial charge is 0.348 e. The summed E-state index contributed by atoms with van der Waals surface area (Å²) < 4.78 is 2.01. The molecule has 0 atom stereocenters. The van der Waals surface area contributed by atoms with Crippen LogP contribution in [0.4, 0.5) is 0 Å². The molecule has 0 N–H and O–H groups in total. The van der Waals surface area contributed by atoms with Crippen molar-refractivity contribution < 1.29 is 4.79 Å². The van der Waals surface area contributed by atoms with E-state index in [0.29, 0.717) is 12.6 Å². The molecule has 21 heavy (non-hydrogen) atoms. The SMILES string of the molecule is CN(C)C(=O)CN1CCC(n2cc(C(C)(C)C)nn2)CC1. The van der Waals surface area contributed by atoms with Crippen LogP contribution in [0.15, 0.2) is 6.20 Å². The van der Waals surface area contributed by atoms with Gasteiger partial charge in [0.1, 0.15) is 0 Å². The lowest BCUT2D eigenvalue weighted by atomic mass is 9.93. The fraction of sp³-hybridized carbons (Fsp3) is 0.800. The lowest BCUT2D eigenvalue weighted by Crippen LogP contribution is -2.41. The van der Waals surface area contributed by atoms with E-state index >= 15 is 0 Å². The first kappa shape index (κ1) is 15.9. The summed E-state index contributed by atoms with van der Waals surface area (Å²) >= 11 is 0. The Labute approximate surface area is 127 Å². The van der Waals surface area contributed by atoms with Gasteiger partial charge in [0.15, 0.2) is 0 Å². The summed E-state index contributed by atoms with van der Waals surface area (Å²) in [5.74, 6) is 0.171. The minimum Gasteiger partial charge on any atom is -0.348 e. The number of carbonyl (C=O) groups excluding carboxylic acids is 1. The van der Waals surface area contributed by atoms with E-state index in [4.69, 9.17) is 0 Å². The number of piperidine rings is 1. The molecule has 0 unspecified atom stereocenters. The highest BCUT2D eigenvalue weighted by Gasteiger charge is 2.25. The molecule has 0 spiro atoms. The summed E-state index contributed by atoms with van der Waals surface area (Å²) in [5.41, 5.74) is 1.07. The highest BCUT2D eigenvalue weighted by atomic mass is 16.2. The number of likely N-dealkylation sites (tertiary alicyclic amines) is 1. The smallest absolute Gasteiger partial charge is 0.236 e. The third-order valence-corrected chi connectivity index (χ3v) is 4.07. The highest BCUT2D eigenvalue weighted by Crippen LogP contribution is 2.24. The molecule has 1 aromatic rings. The summed E-state index contributed by atoms with van der Waals surface area (Å²) in [7, 11) is 3.61. The maximum Gasteiger partial charge on any atom is 0.236 e. The first-order valence-corrected chi connectivity index (χ1v) is 7.62. The van der Waals surface area contributed by atoms with Crippen molar-refractivity contribution in [1.82, 2.24) is 24.8 Å². The second kappa shape index (κ2) is 6.13. The van der Waals surface area contributed by atoms with E-state index in [0.717, 1.165) is 31.6 Å². The van der Waals surface area contributed by atoms with Crippen LogP contribution in [0.3, 0.4) is 0 Å². The molecule has 1 saturated heterocycles. The van der Waals surface area contributed by atoms with E-state index in [-0.39, 0.29) is 11.3 Å². The zero-order valence-corrected chi connectivity index (χ0v) is 13.8. The Morgan fingerprint density at radius 2 is 1.95 bits per heavy atom. The van der Waals surface area contributed by atoms with E-state index in [1.165, 1.54) is 0 Å². The van der Waals surface area contributed by atoms with Gasteiger partial charge in [0.25, 0.3) is 0 Å². The Balaban J connectivity index is 1.89. The van der Waals surface area contributed by atoms with E-state index in [9.17, 15) is 4.79 Å². The predicted molar refractivity (Wildman–Crippen MR) is 82.1 cm³/mol. The van der Waals surface area contributed by atoms with Gasteiger partial charge in [-0.2, -0.15) is 0 Å². The highest BCUT2D eigenvalue weighted by molar-refractivity contribution is 5.77. The van der Waals surface area contributed by atoms with E-state index < -0.39 is 0 Å². The summed E-state index contributed by atoms with van der Waals surface area (Å²) in [4.78, 5) is 15.6. The summed E-state index contributed by atoms with van der Waals surface area (Å²) in [5, 5.41) is 8.59. The normalized spacial score (nSPS) is 18.0. The predicted octanol–water partition coefficient (Wildman–Crippen LogP) is 1.30. The maximum atomic E-state index is 11.7. The van der Waals surface area contributed by atoms with E-state index in [1.54, 1.807) is 19.0 Å². The fourth-order valence-corrected chi connectivity index (χ4v) is 2.47. The van der Waals surface area contributed by atoms with Crippen LogP contribution in [0.2, 0.25) is 0 Å². The fourth-order valence-electron chi connectivity index (χ4n) is 2.47. The van der Waals surface area contributed by atoms with Gasteiger partial charge in [-0.3, -0.25) is 9.69 Å². The zero-order chi connectivity index (χ0) is 15.6. The van der Waals surface area contributed by atoms with Crippen LogP contribution in [0.5, 0.6) is 0 Å². The molecule has 1 amide bonds. The van der Waals surface area contributed by atoms with Crippen molar-refractivity contribution in [3.05, 3.63) is 11.9 Å². The van der Waals surface area contributed by atoms with Crippen molar-refractivity contribution in [2.45, 2.75) is 45.1 Å². The van der Waals surface area contributed by atoms with Crippen LogP contribution in [0.1, 0.15) is 45.3 Å². The molecule has 6 nitrogen and oxygen atoms in total. The van der Waals surface area contributed by atoms with Crippen LogP contribution in [0.25, 0.3) is 0 Å². The van der Waals surface area contributed by atoms with Gasteiger partial charge in [-0.1, -0.05) is 26.0 Å². The molecule has 118 valence electrons. The van der Waals surface area contributed by atoms with Crippen LogP contribution < -0.4 is 0 Å². The van der Waals surface area contributed by atoms with Crippen molar-refractivity contribution in [2.75, 3.05) is 33.7 Å². The Bertz CT molecular complexity index is 480. The van der Waals surface area contributed by atoms with Crippen molar-refractivity contribution in [3.8, 4) is 0 Å². The molecule has 1 aromatic heterocycles. The monoisotopic (exact) mass is 293 g/mol. The maximum absolute atomic E-state index is 11.7. The third kappa shape index (κ3) is 4.03. The molecule has 1 aliphatic rings. The summed E-state index contributed by atoms with van der Waals surface area (Å²) in [6, 6.07) is 0.402. The van der Waals surface area contributed by atoms with Crippen LogP contribution in [-0.2, 0) is 10.2 Å². The Hall–Kier alpha value is -1.43. The van der Waals surface area contributed by atoms with Gasteiger partial charge in [0.2, 0.25) is 5.91 Å². The van der Waals surface area contributed by atoms with Crippen LogP contribution in [0, 0.1) is 0 Å². The molecule has 2 rings (SSSR count). The number of aromatic nitrogens is 3. The molecular formula is C15H27N5O. The summed E-state index contributed by atoms with van der Waals surface area (Å²) in [6.07, 6.45) is 4.12. The Kier molecular flexibility index (Phi) is 4.66. The van der Waals surface area contributed by atoms with Gasteiger partial charge in [-0.05, 0) is 12.8 Å². The molecule has 6 heteroatoms. The van der Waals surface area contributed by atoms with Gasteiger partial charge in [0.05, 0.1) is 18.3 Å². The standard InChI is InChI=1S/C15H27N5O/c1-15(2,3)13-10-20(17-16-13)12-6-8-19(9-7-12)11-14(21)18(4)5/h10,12H,6-9,11H2,1-5H3. The second-order valence-corrected chi connectivity index (χ2v) is 7.13. The van der Waals surface area contributed by atoms with Crippen molar-refractivity contribution in [3.63, 3.8) is 0 Å². The Morgan fingerprint density at radius 1 is 1.33 bits per heavy atom. The molecule has 2 heterocycles. The molecular weight excluding hydrogens is 266 g/mol. The van der Waals surface area contributed by atoms with Gasteiger partial charge in [-0.15, -0.1) is 5.10 Å². The van der Waals surface area contributed by atoms with E-state index in [2.05, 4.69) is 42.2 Å². The van der Waals surface area contributed by atoms with Gasteiger partial charge in [-0.25, -0.2) is 4.68 Å². The lowest BCUT2D eigenvalue weighted by Gasteiger charge is -2.31. The Morgan fingerprint density at radius 3 is 2.43 bits per heavy atom. The average Bonchev–Trinajstić information content (AvgIpc) is 2.89. The number of hydrogen-bond donors (Lipinski definition) is 0. The van der Waals surface area contributed by atoms with Gasteiger partial charge in [0, 0.05) is 38.8 Å². The van der Waals surface area contributed by atoms with Crippen molar-refractivity contribution in [2.24, 2.45) is 0 Å². The topological polar surface area (TPSA) is 54.3 Å². The molecule has 0 radical (unpaired) electrons. The number of likely N-dealkylation sites (N-methyl/N-ethyl adjacent to an activating group) is 1. The zero-order valence-electron chi connectivity index (χ0n) is 13.8. The van der Waals surface area contributed by atoms with Crippen molar-refractivity contribution >= 4 is 5.91 Å². The number of hydrogen-bond acceptors (Lipinski definition) is 4. The first-order chi connectivity index (χ1) is 9.77. The summed E-state index contributed by atoms with van der Waals surface area (Å²) in [6.45, 7) is 8.85. The van der Waals surface area contributed by atoms with Crippen LogP contribution in [-0.4, -0.2) is 64.4 Å². The number of nitrogens with zero attached hydrogens (tertiary/aromatic N) is 5. The molecule has 0 bridgehead atoms. The van der Waals surface area contributed by atoms with E-state index in [1.807, 2.05) is 4.68 Å². The molecule has 0 aromatic carbocycles. The third-order valence-electron chi connectivity index (χ3n) is 4.07. The molecule has 1 aliphatic heterocycles. The molecule has 0 aliphatic carbocycles. The molecule has 1 fully saturated rings. The second-order valence-electron chi connectivity index (χ2n) is 7.13. The van der Waals surface area contributed by atoms with Crippen LogP contribution >= 0.6 is 0 Å². The van der Waals surface area contributed by atoms with Gasteiger partial charge < -0.3 is 4.90 Å². The lowest BCUT2D eigenvalue weighted by molar-refractivity contribution is -0.130. The van der Waals surface area contributed by atoms with Crippen molar-refractivity contribution in [1.29, 1.82) is 0 Å².